The third-order valence-corrected chi connectivity index (χ3v) is 3.77. The van der Waals surface area contributed by atoms with Gasteiger partial charge in [0.2, 0.25) is 0 Å². The van der Waals surface area contributed by atoms with Crippen molar-refractivity contribution in [2.75, 3.05) is 12.4 Å². The molecular formula is C21H27N3O3. The summed E-state index contributed by atoms with van der Waals surface area (Å²) >= 11 is 0. The zero-order chi connectivity index (χ0) is 19.8. The fourth-order valence-electron chi connectivity index (χ4n) is 2.35. The summed E-state index contributed by atoms with van der Waals surface area (Å²) in [6.07, 6.45) is 1.62. The number of nitrogens with one attached hydrogen (secondary N) is 2. The lowest BCUT2D eigenvalue weighted by Crippen LogP contribution is -2.34. The second kappa shape index (κ2) is 9.62. The smallest absolute Gasteiger partial charge is 0.262 e. The molecule has 0 saturated heterocycles. The van der Waals surface area contributed by atoms with Crippen LogP contribution in [-0.2, 0) is 4.79 Å². The second-order valence-corrected chi connectivity index (χ2v) is 6.54. The minimum Gasteiger partial charge on any atom is -0.493 e. The molecule has 0 radical (unpaired) electrons. The lowest BCUT2D eigenvalue weighted by atomic mass is 10.2. The standard InChI is InChI=1S/C21H27N3O3/c1-14(2)27-19-11-8-17(12-20(19)26-5)13-22-24-21(25)16(4)23-18-9-6-15(3)7-10-18/h6-14,16,23H,1-5H3,(H,24,25). The van der Waals surface area contributed by atoms with E-state index in [1.54, 1.807) is 26.3 Å². The number of benzene rings is 2. The third kappa shape index (κ3) is 6.33. The van der Waals surface area contributed by atoms with Gasteiger partial charge in [0.05, 0.1) is 19.4 Å². The number of hydrogen-bond donors (Lipinski definition) is 2. The molecule has 2 aromatic carbocycles. The number of nitrogens with zero attached hydrogens (tertiary/aromatic N) is 1. The van der Waals surface area contributed by atoms with Crippen molar-refractivity contribution in [1.82, 2.24) is 5.43 Å². The molecule has 2 aromatic rings. The Kier molecular flexibility index (Phi) is 7.23. The number of hydrazone groups is 1. The average molecular weight is 369 g/mol. The molecule has 2 N–H and O–H groups in total. The Hall–Kier alpha value is -3.02. The average Bonchev–Trinajstić information content (AvgIpc) is 2.64. The van der Waals surface area contributed by atoms with Gasteiger partial charge in [-0.05, 0) is 63.6 Å². The zero-order valence-electron chi connectivity index (χ0n) is 16.4. The van der Waals surface area contributed by atoms with Gasteiger partial charge in [-0.25, -0.2) is 5.43 Å². The first-order valence-corrected chi connectivity index (χ1v) is 8.90. The van der Waals surface area contributed by atoms with Crippen LogP contribution in [0.3, 0.4) is 0 Å². The quantitative estimate of drug-likeness (QED) is 0.549. The zero-order valence-corrected chi connectivity index (χ0v) is 16.4. The Balaban J connectivity index is 1.93. The van der Waals surface area contributed by atoms with E-state index in [0.29, 0.717) is 11.5 Å². The minimum absolute atomic E-state index is 0.0558. The van der Waals surface area contributed by atoms with E-state index >= 15 is 0 Å². The fourth-order valence-corrected chi connectivity index (χ4v) is 2.35. The summed E-state index contributed by atoms with van der Waals surface area (Å²) in [5.74, 6) is 1.07. The van der Waals surface area contributed by atoms with Crippen LogP contribution in [0.25, 0.3) is 0 Å². The SMILES string of the molecule is COc1cc(C=NNC(=O)C(C)Nc2ccc(C)cc2)ccc1OC(C)C. The molecule has 1 atom stereocenters. The van der Waals surface area contributed by atoms with E-state index in [1.807, 2.05) is 57.2 Å². The molecule has 0 aliphatic heterocycles. The topological polar surface area (TPSA) is 72.0 Å². The van der Waals surface area contributed by atoms with E-state index < -0.39 is 6.04 Å². The van der Waals surface area contributed by atoms with Gasteiger partial charge in [-0.15, -0.1) is 0 Å². The van der Waals surface area contributed by atoms with Crippen LogP contribution in [0.1, 0.15) is 31.9 Å². The van der Waals surface area contributed by atoms with Gasteiger partial charge < -0.3 is 14.8 Å². The van der Waals surface area contributed by atoms with E-state index in [1.165, 1.54) is 5.56 Å². The first-order valence-electron chi connectivity index (χ1n) is 8.90. The van der Waals surface area contributed by atoms with E-state index in [-0.39, 0.29) is 12.0 Å². The van der Waals surface area contributed by atoms with E-state index in [9.17, 15) is 4.79 Å². The van der Waals surface area contributed by atoms with Crippen molar-refractivity contribution in [1.29, 1.82) is 0 Å². The van der Waals surface area contributed by atoms with Crippen molar-refractivity contribution in [2.45, 2.75) is 39.8 Å². The minimum atomic E-state index is -0.416. The Labute approximate surface area is 160 Å². The third-order valence-electron chi connectivity index (χ3n) is 3.77. The molecule has 0 aliphatic rings. The van der Waals surface area contributed by atoms with Gasteiger partial charge in [0.15, 0.2) is 11.5 Å². The van der Waals surface area contributed by atoms with Crippen molar-refractivity contribution in [3.05, 3.63) is 53.6 Å². The molecule has 6 heteroatoms. The molecule has 0 heterocycles. The molecule has 0 aromatic heterocycles. The van der Waals surface area contributed by atoms with Crippen LogP contribution in [0, 0.1) is 6.92 Å². The number of hydrogen-bond acceptors (Lipinski definition) is 5. The molecule has 27 heavy (non-hydrogen) atoms. The van der Waals surface area contributed by atoms with Crippen LogP contribution < -0.4 is 20.2 Å². The first kappa shape index (κ1) is 20.3. The van der Waals surface area contributed by atoms with E-state index in [2.05, 4.69) is 15.8 Å². The first-order chi connectivity index (χ1) is 12.9. The molecule has 2 rings (SSSR count). The highest BCUT2D eigenvalue weighted by Gasteiger charge is 2.11. The molecule has 144 valence electrons. The fraction of sp³-hybridized carbons (Fsp3) is 0.333. The number of methoxy groups -OCH3 is 1. The summed E-state index contributed by atoms with van der Waals surface area (Å²) < 4.78 is 11.0. The lowest BCUT2D eigenvalue weighted by molar-refractivity contribution is -0.121. The van der Waals surface area contributed by atoms with Gasteiger partial charge in [-0.2, -0.15) is 5.10 Å². The number of carbonyl (C=O) groups is 1. The highest BCUT2D eigenvalue weighted by Crippen LogP contribution is 2.28. The molecule has 6 nitrogen and oxygen atoms in total. The summed E-state index contributed by atoms with van der Waals surface area (Å²) in [7, 11) is 1.59. The Morgan fingerprint density at radius 1 is 1.07 bits per heavy atom. The number of ether oxygens (including phenoxy) is 2. The van der Waals surface area contributed by atoms with Gasteiger partial charge >= 0.3 is 0 Å². The van der Waals surface area contributed by atoms with Crippen molar-refractivity contribution < 1.29 is 14.3 Å². The molecular weight excluding hydrogens is 342 g/mol. The van der Waals surface area contributed by atoms with Crippen LogP contribution in [0.4, 0.5) is 5.69 Å². The van der Waals surface area contributed by atoms with Crippen LogP contribution >= 0.6 is 0 Å². The van der Waals surface area contributed by atoms with Gasteiger partial charge in [0.1, 0.15) is 6.04 Å². The summed E-state index contributed by atoms with van der Waals surface area (Å²) in [6.45, 7) is 7.71. The Bertz CT molecular complexity index is 786. The molecule has 0 spiro atoms. The Morgan fingerprint density at radius 3 is 2.41 bits per heavy atom. The predicted molar refractivity (Wildman–Crippen MR) is 109 cm³/mol. The molecule has 0 fully saturated rings. The van der Waals surface area contributed by atoms with Gasteiger partial charge in [-0.3, -0.25) is 4.79 Å². The summed E-state index contributed by atoms with van der Waals surface area (Å²) in [6, 6.07) is 12.9. The normalized spacial score (nSPS) is 12.1. The number of carbonyl (C=O) groups excluding carboxylic acids is 1. The maximum absolute atomic E-state index is 12.2. The maximum Gasteiger partial charge on any atom is 0.262 e. The summed E-state index contributed by atoms with van der Waals surface area (Å²) in [5, 5.41) is 7.16. The second-order valence-electron chi connectivity index (χ2n) is 6.54. The number of rotatable bonds is 8. The summed E-state index contributed by atoms with van der Waals surface area (Å²) in [5.41, 5.74) is 5.39. The summed E-state index contributed by atoms with van der Waals surface area (Å²) in [4.78, 5) is 12.2. The number of amides is 1. The van der Waals surface area contributed by atoms with Crippen molar-refractivity contribution >= 4 is 17.8 Å². The number of anilines is 1. The van der Waals surface area contributed by atoms with Crippen molar-refractivity contribution in [3.63, 3.8) is 0 Å². The highest BCUT2D eigenvalue weighted by atomic mass is 16.5. The predicted octanol–water partition coefficient (Wildman–Crippen LogP) is 3.74. The number of aryl methyl sites for hydroxylation is 1. The molecule has 0 aliphatic carbocycles. The van der Waals surface area contributed by atoms with Crippen LogP contribution in [0.15, 0.2) is 47.6 Å². The maximum atomic E-state index is 12.2. The van der Waals surface area contributed by atoms with Crippen molar-refractivity contribution in [2.24, 2.45) is 5.10 Å². The van der Waals surface area contributed by atoms with Crippen molar-refractivity contribution in [3.8, 4) is 11.5 Å². The molecule has 1 unspecified atom stereocenters. The van der Waals surface area contributed by atoms with Crippen LogP contribution in [0.5, 0.6) is 11.5 Å². The van der Waals surface area contributed by atoms with Gasteiger partial charge in [-0.1, -0.05) is 17.7 Å². The lowest BCUT2D eigenvalue weighted by Gasteiger charge is -2.14. The molecule has 1 amide bonds. The van der Waals surface area contributed by atoms with E-state index in [4.69, 9.17) is 9.47 Å². The monoisotopic (exact) mass is 369 g/mol. The van der Waals surface area contributed by atoms with Crippen LogP contribution in [-0.4, -0.2) is 31.4 Å². The molecule has 0 saturated carbocycles. The highest BCUT2D eigenvalue weighted by molar-refractivity contribution is 5.86. The van der Waals surface area contributed by atoms with Gasteiger partial charge in [0, 0.05) is 5.69 Å². The Morgan fingerprint density at radius 2 is 1.78 bits per heavy atom. The van der Waals surface area contributed by atoms with E-state index in [0.717, 1.165) is 11.3 Å². The van der Waals surface area contributed by atoms with Crippen LogP contribution in [0.2, 0.25) is 0 Å². The largest absolute Gasteiger partial charge is 0.493 e. The molecule has 0 bridgehead atoms. The van der Waals surface area contributed by atoms with Gasteiger partial charge in [0.25, 0.3) is 5.91 Å².